The van der Waals surface area contributed by atoms with Crippen LogP contribution in [0.4, 0.5) is 0 Å². The van der Waals surface area contributed by atoms with Crippen LogP contribution < -0.4 is 5.32 Å². The number of hydrogen-bond acceptors (Lipinski definition) is 2. The molecule has 0 spiro atoms. The van der Waals surface area contributed by atoms with Crippen molar-refractivity contribution in [3.8, 4) is 0 Å². The molecule has 3 unspecified atom stereocenters. The van der Waals surface area contributed by atoms with Crippen molar-refractivity contribution in [3.63, 3.8) is 0 Å². The Morgan fingerprint density at radius 3 is 2.35 bits per heavy atom. The summed E-state index contributed by atoms with van der Waals surface area (Å²) in [5.41, 5.74) is -0.736. The van der Waals surface area contributed by atoms with Gasteiger partial charge in [0.15, 0.2) is 0 Å². The Labute approximate surface area is 122 Å². The molecular formula is C16H28N2O2. The van der Waals surface area contributed by atoms with Gasteiger partial charge >= 0.3 is 0 Å². The van der Waals surface area contributed by atoms with Crippen molar-refractivity contribution in [3.05, 3.63) is 0 Å². The normalized spacial score (nSPS) is 32.5. The SMILES string of the molecule is CCC1(C)NC(=O)C(C(C)C)N(C(C)CC2CC2)C1=O. The van der Waals surface area contributed by atoms with E-state index in [4.69, 9.17) is 0 Å². The highest BCUT2D eigenvalue weighted by Gasteiger charge is 2.49. The summed E-state index contributed by atoms with van der Waals surface area (Å²) in [6.45, 7) is 9.93. The second-order valence-electron chi connectivity index (χ2n) is 7.10. The monoisotopic (exact) mass is 280 g/mol. The quantitative estimate of drug-likeness (QED) is 0.840. The number of nitrogens with zero attached hydrogens (tertiary/aromatic N) is 1. The predicted octanol–water partition coefficient (Wildman–Crippen LogP) is 2.33. The highest BCUT2D eigenvalue weighted by atomic mass is 16.2. The van der Waals surface area contributed by atoms with Crippen LogP contribution in [0.15, 0.2) is 0 Å². The molecule has 2 rings (SSSR count). The van der Waals surface area contributed by atoms with Crippen molar-refractivity contribution in [2.45, 2.75) is 77.9 Å². The number of nitrogens with one attached hydrogen (secondary N) is 1. The van der Waals surface area contributed by atoms with Crippen LogP contribution in [0.2, 0.25) is 0 Å². The van der Waals surface area contributed by atoms with Gasteiger partial charge in [-0.2, -0.15) is 0 Å². The summed E-state index contributed by atoms with van der Waals surface area (Å²) >= 11 is 0. The molecule has 2 aliphatic rings. The molecule has 0 aromatic rings. The van der Waals surface area contributed by atoms with Gasteiger partial charge in [0.05, 0.1) is 0 Å². The molecule has 0 aromatic heterocycles. The van der Waals surface area contributed by atoms with Crippen molar-refractivity contribution in [1.82, 2.24) is 10.2 Å². The lowest BCUT2D eigenvalue weighted by Crippen LogP contribution is -2.71. The molecule has 1 saturated carbocycles. The molecule has 4 heteroatoms. The first-order valence-electron chi connectivity index (χ1n) is 7.95. The van der Waals surface area contributed by atoms with Crippen LogP contribution in [0.5, 0.6) is 0 Å². The third-order valence-electron chi connectivity index (χ3n) is 4.86. The highest BCUT2D eigenvalue weighted by Crippen LogP contribution is 2.37. The molecule has 1 heterocycles. The summed E-state index contributed by atoms with van der Waals surface area (Å²) in [6.07, 6.45) is 4.21. The largest absolute Gasteiger partial charge is 0.340 e. The molecule has 3 atom stereocenters. The highest BCUT2D eigenvalue weighted by molar-refractivity contribution is 5.99. The van der Waals surface area contributed by atoms with Crippen LogP contribution in [0.25, 0.3) is 0 Å². The van der Waals surface area contributed by atoms with E-state index in [1.165, 1.54) is 12.8 Å². The van der Waals surface area contributed by atoms with E-state index in [2.05, 4.69) is 12.2 Å². The smallest absolute Gasteiger partial charge is 0.248 e. The Hall–Kier alpha value is -1.06. The average molecular weight is 280 g/mol. The number of piperazine rings is 1. The summed E-state index contributed by atoms with van der Waals surface area (Å²) in [6, 6.07) is -0.171. The topological polar surface area (TPSA) is 49.4 Å². The number of rotatable bonds is 5. The maximum absolute atomic E-state index is 12.9. The molecule has 4 nitrogen and oxygen atoms in total. The lowest BCUT2D eigenvalue weighted by atomic mass is 9.86. The first-order chi connectivity index (χ1) is 9.30. The molecule has 2 amide bonds. The number of hydrogen-bond donors (Lipinski definition) is 1. The Kier molecular flexibility index (Phi) is 4.12. The molecule has 0 bridgehead atoms. The van der Waals surface area contributed by atoms with Gasteiger partial charge in [-0.05, 0) is 38.5 Å². The van der Waals surface area contributed by atoms with Crippen LogP contribution in [0, 0.1) is 11.8 Å². The molecule has 114 valence electrons. The summed E-state index contributed by atoms with van der Waals surface area (Å²) < 4.78 is 0. The Morgan fingerprint density at radius 1 is 1.30 bits per heavy atom. The molecule has 1 aliphatic heterocycles. The van der Waals surface area contributed by atoms with Gasteiger partial charge in [-0.3, -0.25) is 9.59 Å². The van der Waals surface area contributed by atoms with Crippen LogP contribution in [0.3, 0.4) is 0 Å². The molecular weight excluding hydrogens is 252 g/mol. The van der Waals surface area contributed by atoms with Crippen LogP contribution in [-0.2, 0) is 9.59 Å². The first-order valence-corrected chi connectivity index (χ1v) is 7.95. The number of carbonyl (C=O) groups excluding carboxylic acids is 2. The molecule has 20 heavy (non-hydrogen) atoms. The molecule has 0 aromatic carbocycles. The fourth-order valence-corrected chi connectivity index (χ4v) is 3.22. The molecule has 1 saturated heterocycles. The zero-order valence-electron chi connectivity index (χ0n) is 13.4. The minimum atomic E-state index is -0.736. The van der Waals surface area contributed by atoms with E-state index < -0.39 is 5.54 Å². The van der Waals surface area contributed by atoms with E-state index in [1.807, 2.05) is 32.6 Å². The van der Waals surface area contributed by atoms with Crippen LogP contribution >= 0.6 is 0 Å². The molecule has 0 radical (unpaired) electrons. The Morgan fingerprint density at radius 2 is 1.90 bits per heavy atom. The fraction of sp³-hybridized carbons (Fsp3) is 0.875. The van der Waals surface area contributed by atoms with E-state index in [0.717, 1.165) is 12.3 Å². The van der Waals surface area contributed by atoms with E-state index in [-0.39, 0.29) is 29.8 Å². The second-order valence-corrected chi connectivity index (χ2v) is 7.10. The summed E-state index contributed by atoms with van der Waals surface area (Å²) in [5.74, 6) is 0.989. The van der Waals surface area contributed by atoms with Gasteiger partial charge < -0.3 is 10.2 Å². The van der Waals surface area contributed by atoms with Gasteiger partial charge in [0.2, 0.25) is 11.8 Å². The van der Waals surface area contributed by atoms with Gasteiger partial charge in [-0.1, -0.05) is 33.6 Å². The van der Waals surface area contributed by atoms with Gasteiger partial charge in [0.25, 0.3) is 0 Å². The maximum atomic E-state index is 12.9. The molecule has 1 N–H and O–H groups in total. The van der Waals surface area contributed by atoms with Crippen molar-refractivity contribution < 1.29 is 9.59 Å². The van der Waals surface area contributed by atoms with Crippen molar-refractivity contribution in [1.29, 1.82) is 0 Å². The Bertz CT molecular complexity index is 403. The van der Waals surface area contributed by atoms with Gasteiger partial charge in [0.1, 0.15) is 11.6 Å². The fourth-order valence-electron chi connectivity index (χ4n) is 3.22. The maximum Gasteiger partial charge on any atom is 0.248 e. The summed E-state index contributed by atoms with van der Waals surface area (Å²) in [7, 11) is 0. The zero-order valence-corrected chi connectivity index (χ0v) is 13.4. The Balaban J connectivity index is 2.27. The third kappa shape index (κ3) is 2.70. The minimum absolute atomic E-state index is 0.00611. The van der Waals surface area contributed by atoms with E-state index in [1.54, 1.807) is 0 Å². The van der Waals surface area contributed by atoms with E-state index in [0.29, 0.717) is 6.42 Å². The first kappa shape index (κ1) is 15.3. The van der Waals surface area contributed by atoms with Crippen LogP contribution in [-0.4, -0.2) is 34.3 Å². The minimum Gasteiger partial charge on any atom is -0.340 e. The second kappa shape index (κ2) is 5.38. The molecule has 1 aliphatic carbocycles. The zero-order chi connectivity index (χ0) is 15.1. The lowest BCUT2D eigenvalue weighted by Gasteiger charge is -2.48. The molecule has 2 fully saturated rings. The lowest BCUT2D eigenvalue weighted by molar-refractivity contribution is -0.159. The summed E-state index contributed by atoms with van der Waals surface area (Å²) in [4.78, 5) is 27.2. The van der Waals surface area contributed by atoms with Crippen molar-refractivity contribution in [2.75, 3.05) is 0 Å². The predicted molar refractivity (Wildman–Crippen MR) is 79.1 cm³/mol. The average Bonchev–Trinajstić information content (AvgIpc) is 3.16. The van der Waals surface area contributed by atoms with Crippen molar-refractivity contribution in [2.24, 2.45) is 11.8 Å². The van der Waals surface area contributed by atoms with E-state index in [9.17, 15) is 9.59 Å². The van der Waals surface area contributed by atoms with Gasteiger partial charge in [-0.15, -0.1) is 0 Å². The number of carbonyl (C=O) groups is 2. The van der Waals surface area contributed by atoms with E-state index >= 15 is 0 Å². The summed E-state index contributed by atoms with van der Waals surface area (Å²) in [5, 5.41) is 2.95. The van der Waals surface area contributed by atoms with Crippen LogP contribution in [0.1, 0.15) is 60.3 Å². The number of amides is 2. The van der Waals surface area contributed by atoms with Crippen molar-refractivity contribution >= 4 is 11.8 Å². The van der Waals surface area contributed by atoms with Gasteiger partial charge in [0, 0.05) is 6.04 Å². The standard InChI is InChI=1S/C16H28N2O2/c1-6-16(5)15(20)18(11(4)9-12-7-8-12)13(10(2)3)14(19)17-16/h10-13H,6-9H2,1-5H3,(H,17,19). The van der Waals surface area contributed by atoms with Gasteiger partial charge in [-0.25, -0.2) is 0 Å². The third-order valence-corrected chi connectivity index (χ3v) is 4.86.